The molecule has 1 aromatic carbocycles. The standard InChI is InChI=1S/C10H13NO3S/c1-8(2)11-13-14-15(12)10-6-4-9(3)5-7-10/h4-7H,1-3H3. The van der Waals surface area contributed by atoms with Gasteiger partial charge in [0.05, 0.1) is 10.6 Å². The van der Waals surface area contributed by atoms with Crippen molar-refractivity contribution >= 4 is 16.8 Å². The number of benzene rings is 1. The summed E-state index contributed by atoms with van der Waals surface area (Å²) in [6, 6.07) is 7.14. The summed E-state index contributed by atoms with van der Waals surface area (Å²) in [6.45, 7) is 5.45. The first-order chi connectivity index (χ1) is 7.09. The molecule has 0 N–H and O–H groups in total. The van der Waals surface area contributed by atoms with E-state index in [1.807, 2.05) is 19.1 Å². The summed E-state index contributed by atoms with van der Waals surface area (Å²) in [6.07, 6.45) is 0. The van der Waals surface area contributed by atoms with E-state index in [0.29, 0.717) is 10.6 Å². The molecule has 0 aliphatic rings. The molecule has 4 nitrogen and oxygen atoms in total. The molecule has 0 saturated heterocycles. The molecule has 0 aliphatic heterocycles. The van der Waals surface area contributed by atoms with E-state index < -0.39 is 11.1 Å². The fourth-order valence-corrected chi connectivity index (χ4v) is 1.33. The fraction of sp³-hybridized carbons (Fsp3) is 0.300. The van der Waals surface area contributed by atoms with Crippen molar-refractivity contribution < 1.29 is 13.5 Å². The van der Waals surface area contributed by atoms with Crippen LogP contribution in [0.4, 0.5) is 0 Å². The first-order valence-corrected chi connectivity index (χ1v) is 5.51. The third-order valence-corrected chi connectivity index (χ3v) is 2.37. The zero-order valence-electron chi connectivity index (χ0n) is 8.89. The van der Waals surface area contributed by atoms with Crippen LogP contribution < -0.4 is 0 Å². The summed E-state index contributed by atoms with van der Waals surface area (Å²) in [5.41, 5.74) is 1.79. The van der Waals surface area contributed by atoms with E-state index in [2.05, 4.69) is 14.5 Å². The van der Waals surface area contributed by atoms with Gasteiger partial charge in [0.15, 0.2) is 0 Å². The van der Waals surface area contributed by atoms with Crippen LogP contribution in [0.2, 0.25) is 0 Å². The Balaban J connectivity index is 2.54. The van der Waals surface area contributed by atoms with Crippen molar-refractivity contribution in [2.45, 2.75) is 25.7 Å². The third-order valence-electron chi connectivity index (χ3n) is 1.53. The van der Waals surface area contributed by atoms with Crippen LogP contribution >= 0.6 is 0 Å². The molecule has 0 aliphatic carbocycles. The Labute approximate surface area is 91.5 Å². The van der Waals surface area contributed by atoms with Crippen molar-refractivity contribution in [2.75, 3.05) is 0 Å². The fourth-order valence-electron chi connectivity index (χ4n) is 0.806. The highest BCUT2D eigenvalue weighted by Gasteiger charge is 2.04. The minimum atomic E-state index is -1.64. The van der Waals surface area contributed by atoms with Crippen molar-refractivity contribution in [1.82, 2.24) is 0 Å². The predicted molar refractivity (Wildman–Crippen MR) is 58.5 cm³/mol. The van der Waals surface area contributed by atoms with Crippen LogP contribution in [-0.2, 0) is 20.4 Å². The molecule has 0 fully saturated rings. The van der Waals surface area contributed by atoms with E-state index in [1.54, 1.807) is 26.0 Å². The molecule has 1 aromatic rings. The van der Waals surface area contributed by atoms with Crippen LogP contribution in [0.5, 0.6) is 0 Å². The number of aryl methyl sites for hydroxylation is 1. The van der Waals surface area contributed by atoms with E-state index in [9.17, 15) is 4.21 Å². The second-order valence-corrected chi connectivity index (χ2v) is 4.31. The minimum absolute atomic E-state index is 0.546. The van der Waals surface area contributed by atoms with Gasteiger partial charge in [0.2, 0.25) is 11.1 Å². The number of hydrogen-bond donors (Lipinski definition) is 0. The Morgan fingerprint density at radius 3 is 2.40 bits per heavy atom. The maximum atomic E-state index is 11.4. The molecular weight excluding hydrogens is 214 g/mol. The number of rotatable bonds is 4. The van der Waals surface area contributed by atoms with Gasteiger partial charge in [-0.3, -0.25) is 0 Å². The first-order valence-electron chi connectivity index (χ1n) is 4.43. The summed E-state index contributed by atoms with van der Waals surface area (Å²) in [5.74, 6) is 0. The van der Waals surface area contributed by atoms with Crippen LogP contribution in [-0.4, -0.2) is 9.92 Å². The topological polar surface area (TPSA) is 47.9 Å². The number of nitrogens with zero attached hydrogens (tertiary/aromatic N) is 1. The molecule has 0 amide bonds. The van der Waals surface area contributed by atoms with Crippen LogP contribution in [0.15, 0.2) is 34.3 Å². The van der Waals surface area contributed by atoms with E-state index in [0.717, 1.165) is 5.56 Å². The highest BCUT2D eigenvalue weighted by Crippen LogP contribution is 2.09. The summed E-state index contributed by atoms with van der Waals surface area (Å²) in [4.78, 5) is 4.98. The maximum absolute atomic E-state index is 11.4. The Hall–Kier alpha value is -1.20. The Morgan fingerprint density at radius 1 is 1.27 bits per heavy atom. The number of oxime groups is 1. The number of hydrogen-bond acceptors (Lipinski definition) is 4. The van der Waals surface area contributed by atoms with Crippen LogP contribution in [0.1, 0.15) is 19.4 Å². The van der Waals surface area contributed by atoms with Gasteiger partial charge in [0.1, 0.15) is 0 Å². The molecule has 0 spiro atoms. The van der Waals surface area contributed by atoms with Crippen molar-refractivity contribution in [3.8, 4) is 0 Å². The molecule has 0 heterocycles. The van der Waals surface area contributed by atoms with Gasteiger partial charge in [0.25, 0.3) is 0 Å². The van der Waals surface area contributed by atoms with Gasteiger partial charge in [-0.1, -0.05) is 27.2 Å². The van der Waals surface area contributed by atoms with Crippen LogP contribution in [0, 0.1) is 6.92 Å². The SMILES string of the molecule is CC(C)=NOOS(=O)c1ccc(C)cc1. The molecule has 5 heteroatoms. The largest absolute Gasteiger partial charge is 0.234 e. The van der Waals surface area contributed by atoms with Crippen LogP contribution in [0.3, 0.4) is 0 Å². The zero-order valence-corrected chi connectivity index (χ0v) is 9.71. The van der Waals surface area contributed by atoms with Gasteiger partial charge < -0.3 is 0 Å². The molecule has 0 bridgehead atoms. The molecule has 15 heavy (non-hydrogen) atoms. The van der Waals surface area contributed by atoms with Gasteiger partial charge in [-0.15, -0.1) is 0 Å². The monoisotopic (exact) mass is 227 g/mol. The summed E-state index contributed by atoms with van der Waals surface area (Å²) >= 11 is -1.64. The predicted octanol–water partition coefficient (Wildman–Crippen LogP) is 2.36. The second kappa shape index (κ2) is 5.63. The normalized spacial score (nSPS) is 11.9. The lowest BCUT2D eigenvalue weighted by Gasteiger charge is -1.99. The average molecular weight is 227 g/mol. The van der Waals surface area contributed by atoms with Crippen molar-refractivity contribution in [3.05, 3.63) is 29.8 Å². The van der Waals surface area contributed by atoms with Gasteiger partial charge in [-0.05, 0) is 32.9 Å². The van der Waals surface area contributed by atoms with E-state index in [4.69, 9.17) is 0 Å². The molecule has 0 radical (unpaired) electrons. The van der Waals surface area contributed by atoms with Gasteiger partial charge in [0, 0.05) is 0 Å². The van der Waals surface area contributed by atoms with Crippen molar-refractivity contribution in [3.63, 3.8) is 0 Å². The maximum Gasteiger partial charge on any atom is 0.234 e. The molecule has 1 atom stereocenters. The lowest BCUT2D eigenvalue weighted by Crippen LogP contribution is -1.97. The average Bonchev–Trinajstić information content (AvgIpc) is 2.18. The molecule has 1 unspecified atom stereocenters. The lowest BCUT2D eigenvalue weighted by molar-refractivity contribution is -0.196. The zero-order chi connectivity index (χ0) is 11.3. The quantitative estimate of drug-likeness (QED) is 0.450. The summed E-state index contributed by atoms with van der Waals surface area (Å²) in [5, 5.41) is 3.51. The van der Waals surface area contributed by atoms with Crippen LogP contribution in [0.25, 0.3) is 0 Å². The highest BCUT2D eigenvalue weighted by molar-refractivity contribution is 7.80. The molecular formula is C10H13NO3S. The second-order valence-electron chi connectivity index (χ2n) is 3.23. The molecule has 1 rings (SSSR count). The molecule has 82 valence electrons. The van der Waals surface area contributed by atoms with E-state index in [-0.39, 0.29) is 0 Å². The van der Waals surface area contributed by atoms with Crippen molar-refractivity contribution in [2.24, 2.45) is 5.16 Å². The van der Waals surface area contributed by atoms with Gasteiger partial charge >= 0.3 is 0 Å². The Kier molecular flexibility index (Phi) is 4.45. The van der Waals surface area contributed by atoms with E-state index in [1.165, 1.54) is 0 Å². The smallest absolute Gasteiger partial charge is 0.220 e. The van der Waals surface area contributed by atoms with Gasteiger partial charge in [-0.25, -0.2) is 9.20 Å². The lowest BCUT2D eigenvalue weighted by atomic mass is 10.2. The summed E-state index contributed by atoms with van der Waals surface area (Å²) in [7, 11) is 0. The Morgan fingerprint density at radius 2 is 1.87 bits per heavy atom. The Bertz CT molecular complexity index is 369. The first kappa shape index (κ1) is 11.9. The summed E-state index contributed by atoms with van der Waals surface area (Å²) < 4.78 is 16.0. The third kappa shape index (κ3) is 4.22. The van der Waals surface area contributed by atoms with Gasteiger partial charge in [-0.2, -0.15) is 0 Å². The minimum Gasteiger partial charge on any atom is -0.220 e. The molecule has 0 saturated carbocycles. The van der Waals surface area contributed by atoms with E-state index >= 15 is 0 Å². The van der Waals surface area contributed by atoms with Crippen molar-refractivity contribution in [1.29, 1.82) is 0 Å². The highest BCUT2D eigenvalue weighted by atomic mass is 32.2. The molecule has 0 aromatic heterocycles.